The molecule has 0 spiro atoms. The third-order valence-corrected chi connectivity index (χ3v) is 5.97. The van der Waals surface area contributed by atoms with E-state index < -0.39 is 0 Å². The minimum absolute atomic E-state index is 0.00808. The number of hydrogen-bond acceptors (Lipinski definition) is 2. The van der Waals surface area contributed by atoms with Crippen LogP contribution in [0.2, 0.25) is 0 Å². The van der Waals surface area contributed by atoms with E-state index >= 15 is 0 Å². The van der Waals surface area contributed by atoms with Crippen LogP contribution in [0, 0.1) is 13.8 Å². The van der Waals surface area contributed by atoms with E-state index in [9.17, 15) is 4.79 Å². The zero-order valence-corrected chi connectivity index (χ0v) is 19.0. The average molecular weight is 426 g/mol. The zero-order chi connectivity index (χ0) is 22.3. The number of amides is 1. The molecule has 4 nitrogen and oxygen atoms in total. The molecule has 0 aliphatic heterocycles. The number of para-hydroxylation sites is 2. The van der Waals surface area contributed by atoms with Gasteiger partial charge in [0.05, 0.1) is 11.0 Å². The Hall–Kier alpha value is -3.40. The van der Waals surface area contributed by atoms with Gasteiger partial charge in [-0.3, -0.25) is 4.79 Å². The van der Waals surface area contributed by atoms with Crippen LogP contribution < -0.4 is 5.32 Å². The number of rotatable bonds is 9. The van der Waals surface area contributed by atoms with Crippen LogP contribution in [0.25, 0.3) is 11.0 Å². The van der Waals surface area contributed by atoms with Gasteiger partial charge < -0.3 is 9.88 Å². The number of imidazole rings is 1. The van der Waals surface area contributed by atoms with E-state index in [-0.39, 0.29) is 5.91 Å². The molecule has 4 aromatic rings. The fourth-order valence-electron chi connectivity index (χ4n) is 4.13. The van der Waals surface area contributed by atoms with Crippen LogP contribution in [0.15, 0.2) is 72.8 Å². The molecular formula is C28H31N3O. The predicted molar refractivity (Wildman–Crippen MR) is 131 cm³/mol. The molecule has 32 heavy (non-hydrogen) atoms. The highest BCUT2D eigenvalue weighted by Crippen LogP contribution is 2.21. The lowest BCUT2D eigenvalue weighted by Crippen LogP contribution is -2.24. The van der Waals surface area contributed by atoms with Crippen molar-refractivity contribution in [3.63, 3.8) is 0 Å². The molecule has 0 aliphatic carbocycles. The minimum Gasteiger partial charge on any atom is -0.352 e. The Labute approximate surface area is 190 Å². The van der Waals surface area contributed by atoms with Gasteiger partial charge in [-0.05, 0) is 62.1 Å². The summed E-state index contributed by atoms with van der Waals surface area (Å²) in [6, 6.07) is 24.7. The fraction of sp³-hybridized carbons (Fsp3) is 0.286. The van der Waals surface area contributed by atoms with E-state index in [1.807, 2.05) is 37.3 Å². The van der Waals surface area contributed by atoms with Gasteiger partial charge >= 0.3 is 0 Å². The number of hydrogen-bond donors (Lipinski definition) is 1. The second-order valence-electron chi connectivity index (χ2n) is 8.47. The van der Waals surface area contributed by atoms with Crippen LogP contribution in [-0.2, 0) is 13.0 Å². The number of carbonyl (C=O) groups is 1. The van der Waals surface area contributed by atoms with Crippen LogP contribution in [0.5, 0.6) is 0 Å². The summed E-state index contributed by atoms with van der Waals surface area (Å²) >= 11 is 0. The number of aryl methyl sites for hydroxylation is 3. The van der Waals surface area contributed by atoms with Gasteiger partial charge in [-0.15, -0.1) is 0 Å². The summed E-state index contributed by atoms with van der Waals surface area (Å²) in [4.78, 5) is 17.2. The Morgan fingerprint density at radius 1 is 0.906 bits per heavy atom. The summed E-state index contributed by atoms with van der Waals surface area (Å²) in [7, 11) is 0. The standard InChI is InChI=1S/C28H31N3O/c1-21-11-10-14-23(19-21)28(32)29-18-9-3-4-17-27-30-25-15-7-8-16-26(25)31(27)20-24-13-6-5-12-22(24)2/h5-8,10-16,19H,3-4,9,17-18,20H2,1-2H3,(H,29,32). The van der Waals surface area contributed by atoms with Crippen LogP contribution in [0.1, 0.15) is 52.1 Å². The molecule has 1 amide bonds. The summed E-state index contributed by atoms with van der Waals surface area (Å²) in [6.45, 7) is 5.71. The van der Waals surface area contributed by atoms with Gasteiger partial charge in [-0.25, -0.2) is 4.98 Å². The normalized spacial score (nSPS) is 11.1. The van der Waals surface area contributed by atoms with E-state index in [1.165, 1.54) is 16.6 Å². The molecule has 0 fully saturated rings. The number of aromatic nitrogens is 2. The number of fused-ring (bicyclic) bond motifs is 1. The molecule has 1 heterocycles. The first-order valence-electron chi connectivity index (χ1n) is 11.5. The first-order valence-corrected chi connectivity index (χ1v) is 11.5. The number of carbonyl (C=O) groups excluding carboxylic acids is 1. The molecule has 4 heteroatoms. The second kappa shape index (κ2) is 10.3. The van der Waals surface area contributed by atoms with E-state index in [0.29, 0.717) is 6.54 Å². The number of unbranched alkanes of at least 4 members (excludes halogenated alkanes) is 2. The lowest BCUT2D eigenvalue weighted by atomic mass is 10.1. The maximum Gasteiger partial charge on any atom is 0.251 e. The van der Waals surface area contributed by atoms with Crippen molar-refractivity contribution < 1.29 is 4.79 Å². The Bertz CT molecular complexity index is 1210. The monoisotopic (exact) mass is 425 g/mol. The molecule has 164 valence electrons. The topological polar surface area (TPSA) is 46.9 Å². The maximum atomic E-state index is 12.3. The van der Waals surface area contributed by atoms with Gasteiger partial charge in [0, 0.05) is 25.1 Å². The third-order valence-electron chi connectivity index (χ3n) is 5.97. The highest BCUT2D eigenvalue weighted by Gasteiger charge is 2.12. The smallest absolute Gasteiger partial charge is 0.251 e. The highest BCUT2D eigenvalue weighted by molar-refractivity contribution is 5.94. The molecule has 0 unspecified atom stereocenters. The predicted octanol–water partition coefficient (Wildman–Crippen LogP) is 5.84. The highest BCUT2D eigenvalue weighted by atomic mass is 16.1. The van der Waals surface area contributed by atoms with Crippen molar-refractivity contribution in [2.45, 2.75) is 46.1 Å². The van der Waals surface area contributed by atoms with Gasteiger partial charge in [-0.1, -0.05) is 60.5 Å². The molecule has 0 aliphatic rings. The van der Waals surface area contributed by atoms with E-state index in [2.05, 4.69) is 59.3 Å². The summed E-state index contributed by atoms with van der Waals surface area (Å²) < 4.78 is 2.36. The molecule has 0 bridgehead atoms. The number of nitrogens with zero attached hydrogens (tertiary/aromatic N) is 2. The van der Waals surface area contributed by atoms with Crippen LogP contribution in [0.4, 0.5) is 0 Å². The summed E-state index contributed by atoms with van der Waals surface area (Å²) in [5, 5.41) is 3.04. The van der Waals surface area contributed by atoms with Crippen LogP contribution in [0.3, 0.4) is 0 Å². The zero-order valence-electron chi connectivity index (χ0n) is 19.0. The second-order valence-corrected chi connectivity index (χ2v) is 8.47. The largest absolute Gasteiger partial charge is 0.352 e. The van der Waals surface area contributed by atoms with Crippen LogP contribution >= 0.6 is 0 Å². The van der Waals surface area contributed by atoms with E-state index in [4.69, 9.17) is 4.98 Å². The first kappa shape index (κ1) is 21.8. The van der Waals surface area contributed by atoms with Crippen molar-refractivity contribution in [1.29, 1.82) is 0 Å². The molecule has 0 saturated carbocycles. The number of benzene rings is 3. The summed E-state index contributed by atoms with van der Waals surface area (Å²) in [5.41, 5.74) is 6.72. The number of nitrogens with one attached hydrogen (secondary N) is 1. The molecular weight excluding hydrogens is 394 g/mol. The molecule has 1 N–H and O–H groups in total. The van der Waals surface area contributed by atoms with Crippen molar-refractivity contribution in [1.82, 2.24) is 14.9 Å². The van der Waals surface area contributed by atoms with Gasteiger partial charge in [0.1, 0.15) is 5.82 Å². The van der Waals surface area contributed by atoms with Crippen molar-refractivity contribution in [3.8, 4) is 0 Å². The summed E-state index contributed by atoms with van der Waals surface area (Å²) in [6.07, 6.45) is 4.01. The molecule has 0 radical (unpaired) electrons. The quantitative estimate of drug-likeness (QED) is 0.342. The lowest BCUT2D eigenvalue weighted by molar-refractivity contribution is 0.0953. The molecule has 3 aromatic carbocycles. The van der Waals surface area contributed by atoms with Crippen molar-refractivity contribution in [2.24, 2.45) is 0 Å². The fourth-order valence-corrected chi connectivity index (χ4v) is 4.13. The first-order chi connectivity index (χ1) is 15.6. The molecule has 0 saturated heterocycles. The molecule has 1 aromatic heterocycles. The Kier molecular flexibility index (Phi) is 7.00. The van der Waals surface area contributed by atoms with Crippen molar-refractivity contribution in [2.75, 3.05) is 6.54 Å². The van der Waals surface area contributed by atoms with E-state index in [1.54, 1.807) is 0 Å². The van der Waals surface area contributed by atoms with Gasteiger partial charge in [0.15, 0.2) is 0 Å². The Balaban J connectivity index is 1.33. The van der Waals surface area contributed by atoms with Gasteiger partial charge in [0.25, 0.3) is 5.91 Å². The third kappa shape index (κ3) is 5.25. The maximum absolute atomic E-state index is 12.3. The minimum atomic E-state index is 0.00808. The van der Waals surface area contributed by atoms with E-state index in [0.717, 1.165) is 54.7 Å². The lowest BCUT2D eigenvalue weighted by Gasteiger charge is -2.12. The molecule has 0 atom stereocenters. The van der Waals surface area contributed by atoms with Crippen molar-refractivity contribution in [3.05, 3.63) is 101 Å². The van der Waals surface area contributed by atoms with Crippen LogP contribution in [-0.4, -0.2) is 22.0 Å². The Morgan fingerprint density at radius 3 is 2.56 bits per heavy atom. The SMILES string of the molecule is Cc1cccc(C(=O)NCCCCCc2nc3ccccc3n2Cc2ccccc2C)c1. The Morgan fingerprint density at radius 2 is 1.72 bits per heavy atom. The average Bonchev–Trinajstić information content (AvgIpc) is 3.14. The van der Waals surface area contributed by atoms with Gasteiger partial charge in [0.2, 0.25) is 0 Å². The van der Waals surface area contributed by atoms with Crippen molar-refractivity contribution >= 4 is 16.9 Å². The molecule has 4 rings (SSSR count). The summed E-state index contributed by atoms with van der Waals surface area (Å²) in [5.74, 6) is 1.15. The van der Waals surface area contributed by atoms with Gasteiger partial charge in [-0.2, -0.15) is 0 Å².